The number of aliphatic hydroxyl groups excluding tert-OH is 1. The second kappa shape index (κ2) is 8.47. The number of aliphatic hydroxyl groups is 1. The summed E-state index contributed by atoms with van der Waals surface area (Å²) in [6.45, 7) is 4.30. The van der Waals surface area contributed by atoms with Crippen molar-refractivity contribution in [3.8, 4) is 0 Å². The molecule has 28 heavy (non-hydrogen) atoms. The van der Waals surface area contributed by atoms with E-state index in [0.717, 1.165) is 23.4 Å². The number of carbonyl (C=O) groups excluding carboxylic acids is 1. The predicted molar refractivity (Wildman–Crippen MR) is 99.6 cm³/mol. The number of nitrogens with zero attached hydrogens (tertiary/aromatic N) is 3. The van der Waals surface area contributed by atoms with E-state index in [9.17, 15) is 13.6 Å². The van der Waals surface area contributed by atoms with E-state index in [1.165, 1.54) is 6.07 Å². The lowest BCUT2D eigenvalue weighted by atomic mass is 10.1. The number of rotatable bonds is 5. The van der Waals surface area contributed by atoms with Gasteiger partial charge in [-0.25, -0.2) is 23.5 Å². The summed E-state index contributed by atoms with van der Waals surface area (Å²) in [6, 6.07) is 2.61. The van der Waals surface area contributed by atoms with Gasteiger partial charge >= 0.3 is 6.03 Å². The third kappa shape index (κ3) is 4.53. The number of carbonyl (C=O) groups is 1. The van der Waals surface area contributed by atoms with Gasteiger partial charge in [-0.15, -0.1) is 0 Å². The van der Waals surface area contributed by atoms with Crippen LogP contribution in [0.25, 0.3) is 0 Å². The van der Waals surface area contributed by atoms with Crippen LogP contribution in [0, 0.1) is 11.6 Å². The second-order valence-electron chi connectivity index (χ2n) is 6.91. The van der Waals surface area contributed by atoms with Crippen molar-refractivity contribution in [1.82, 2.24) is 20.2 Å². The van der Waals surface area contributed by atoms with Gasteiger partial charge in [0.1, 0.15) is 0 Å². The van der Waals surface area contributed by atoms with E-state index in [1.54, 1.807) is 18.0 Å². The number of urea groups is 1. The Labute approximate surface area is 161 Å². The molecule has 7 nitrogen and oxygen atoms in total. The van der Waals surface area contributed by atoms with Crippen molar-refractivity contribution in [2.75, 3.05) is 18.5 Å². The van der Waals surface area contributed by atoms with Crippen LogP contribution in [0.2, 0.25) is 0 Å². The Kier molecular flexibility index (Phi) is 6.03. The maximum Gasteiger partial charge on any atom is 0.318 e. The Morgan fingerprint density at radius 3 is 2.82 bits per heavy atom. The Bertz CT molecular complexity index is 864. The lowest BCUT2D eigenvalue weighted by Gasteiger charge is -2.29. The zero-order chi connectivity index (χ0) is 20.3. The van der Waals surface area contributed by atoms with Crippen LogP contribution in [-0.4, -0.2) is 45.2 Å². The highest BCUT2D eigenvalue weighted by Crippen LogP contribution is 2.20. The molecule has 0 aliphatic carbocycles. The molecule has 0 saturated carbocycles. The van der Waals surface area contributed by atoms with Crippen molar-refractivity contribution in [2.45, 2.75) is 38.9 Å². The van der Waals surface area contributed by atoms with Gasteiger partial charge < -0.3 is 20.6 Å². The molecule has 0 fully saturated rings. The van der Waals surface area contributed by atoms with E-state index in [0.29, 0.717) is 31.0 Å². The van der Waals surface area contributed by atoms with Crippen LogP contribution in [0.4, 0.5) is 19.5 Å². The molecular weight excluding hydrogens is 368 g/mol. The maximum atomic E-state index is 13.4. The number of hydrogen-bond acceptors (Lipinski definition) is 5. The third-order valence-electron chi connectivity index (χ3n) is 4.67. The van der Waals surface area contributed by atoms with Crippen LogP contribution >= 0.6 is 0 Å². The second-order valence-corrected chi connectivity index (χ2v) is 6.91. The van der Waals surface area contributed by atoms with Gasteiger partial charge in [0.25, 0.3) is 0 Å². The highest BCUT2D eigenvalue weighted by atomic mass is 19.2. The van der Waals surface area contributed by atoms with E-state index in [2.05, 4.69) is 20.6 Å². The highest BCUT2D eigenvalue weighted by Gasteiger charge is 2.24. The van der Waals surface area contributed by atoms with Crippen LogP contribution in [0.3, 0.4) is 0 Å². The zero-order valence-electron chi connectivity index (χ0n) is 15.7. The van der Waals surface area contributed by atoms with Crippen molar-refractivity contribution >= 4 is 12.0 Å². The standard InChI is InChI=1S/C19H23F2N5O2/c1-11(10-27)23-18-22-8-14-5-6-26(9-17(14)25-18)19(28)24-12(2)13-3-4-15(20)16(21)7-13/h3-4,7-8,11-12,27H,5-6,9-10H2,1-2H3,(H,24,28)(H,22,23,25). The molecule has 2 unspecified atom stereocenters. The van der Waals surface area contributed by atoms with Crippen LogP contribution in [0.15, 0.2) is 24.4 Å². The molecule has 3 N–H and O–H groups in total. The summed E-state index contributed by atoms with van der Waals surface area (Å²) in [6.07, 6.45) is 2.35. The molecule has 1 aromatic heterocycles. The Balaban J connectivity index is 1.66. The SMILES string of the molecule is CC(CO)Nc1ncc2c(n1)CN(C(=O)NC(C)c1ccc(F)c(F)c1)CC2. The van der Waals surface area contributed by atoms with Crippen LogP contribution in [0.5, 0.6) is 0 Å². The van der Waals surface area contributed by atoms with Gasteiger partial charge in [-0.2, -0.15) is 0 Å². The molecule has 1 aliphatic heterocycles. The number of anilines is 1. The number of hydrogen-bond donors (Lipinski definition) is 3. The van der Waals surface area contributed by atoms with Crippen molar-refractivity contribution in [1.29, 1.82) is 0 Å². The van der Waals surface area contributed by atoms with E-state index in [-0.39, 0.29) is 18.7 Å². The lowest BCUT2D eigenvalue weighted by Crippen LogP contribution is -2.44. The number of nitrogens with one attached hydrogen (secondary N) is 2. The van der Waals surface area contributed by atoms with E-state index < -0.39 is 17.7 Å². The van der Waals surface area contributed by atoms with E-state index >= 15 is 0 Å². The van der Waals surface area contributed by atoms with Gasteiger partial charge in [0, 0.05) is 18.8 Å². The van der Waals surface area contributed by atoms with Crippen molar-refractivity contribution in [3.63, 3.8) is 0 Å². The average Bonchev–Trinajstić information content (AvgIpc) is 2.69. The average molecular weight is 391 g/mol. The fourth-order valence-electron chi connectivity index (χ4n) is 2.95. The fraction of sp³-hybridized carbons (Fsp3) is 0.421. The quantitative estimate of drug-likeness (QED) is 0.728. The van der Waals surface area contributed by atoms with Crippen molar-refractivity contribution in [2.24, 2.45) is 0 Å². The smallest absolute Gasteiger partial charge is 0.318 e. The molecule has 150 valence electrons. The zero-order valence-corrected chi connectivity index (χ0v) is 15.7. The Hall–Kier alpha value is -2.81. The summed E-state index contributed by atoms with van der Waals surface area (Å²) in [4.78, 5) is 22.9. The predicted octanol–water partition coefficient (Wildman–Crippen LogP) is 2.38. The van der Waals surface area contributed by atoms with Crippen LogP contribution in [0.1, 0.15) is 36.7 Å². The van der Waals surface area contributed by atoms with Gasteiger partial charge in [-0.1, -0.05) is 6.07 Å². The summed E-state index contributed by atoms with van der Waals surface area (Å²) in [5.74, 6) is -1.47. The number of benzene rings is 1. The summed E-state index contributed by atoms with van der Waals surface area (Å²) < 4.78 is 26.5. The largest absolute Gasteiger partial charge is 0.394 e. The first-order valence-corrected chi connectivity index (χ1v) is 9.10. The van der Waals surface area contributed by atoms with Gasteiger partial charge in [0.05, 0.1) is 24.9 Å². The maximum absolute atomic E-state index is 13.4. The monoisotopic (exact) mass is 391 g/mol. The number of fused-ring (bicyclic) bond motifs is 1. The Morgan fingerprint density at radius 1 is 1.32 bits per heavy atom. The molecule has 0 radical (unpaired) electrons. The summed E-state index contributed by atoms with van der Waals surface area (Å²) >= 11 is 0. The fourth-order valence-corrected chi connectivity index (χ4v) is 2.95. The molecule has 2 heterocycles. The summed E-state index contributed by atoms with van der Waals surface area (Å²) in [7, 11) is 0. The summed E-state index contributed by atoms with van der Waals surface area (Å²) in [5.41, 5.74) is 2.20. The molecule has 0 spiro atoms. The molecule has 2 amide bonds. The van der Waals surface area contributed by atoms with Gasteiger partial charge in [0.2, 0.25) is 5.95 Å². The first-order chi connectivity index (χ1) is 13.4. The number of amides is 2. The van der Waals surface area contributed by atoms with Gasteiger partial charge in [-0.05, 0) is 43.5 Å². The van der Waals surface area contributed by atoms with Crippen LogP contribution in [-0.2, 0) is 13.0 Å². The number of aromatic nitrogens is 2. The molecule has 2 atom stereocenters. The molecular formula is C19H23F2N5O2. The first-order valence-electron chi connectivity index (χ1n) is 9.10. The lowest BCUT2D eigenvalue weighted by molar-refractivity contribution is 0.188. The molecule has 1 aliphatic rings. The van der Waals surface area contributed by atoms with Gasteiger partial charge in [-0.3, -0.25) is 0 Å². The van der Waals surface area contributed by atoms with E-state index in [4.69, 9.17) is 5.11 Å². The van der Waals surface area contributed by atoms with Gasteiger partial charge in [0.15, 0.2) is 11.6 Å². The Morgan fingerprint density at radius 2 is 2.11 bits per heavy atom. The van der Waals surface area contributed by atoms with E-state index in [1.807, 2.05) is 6.92 Å². The molecule has 0 bridgehead atoms. The number of halogens is 2. The first kappa shape index (κ1) is 19.9. The third-order valence-corrected chi connectivity index (χ3v) is 4.67. The summed E-state index contributed by atoms with van der Waals surface area (Å²) in [5, 5.41) is 14.9. The molecule has 9 heteroatoms. The molecule has 0 saturated heterocycles. The van der Waals surface area contributed by atoms with Crippen LogP contribution < -0.4 is 10.6 Å². The van der Waals surface area contributed by atoms with Crippen molar-refractivity contribution < 1.29 is 18.7 Å². The minimum Gasteiger partial charge on any atom is -0.394 e. The normalized spacial score (nSPS) is 15.5. The molecule has 3 rings (SSSR count). The molecule has 1 aromatic carbocycles. The highest BCUT2D eigenvalue weighted by molar-refractivity contribution is 5.75. The minimum atomic E-state index is -0.945. The topological polar surface area (TPSA) is 90.4 Å². The van der Waals surface area contributed by atoms with Crippen molar-refractivity contribution in [3.05, 3.63) is 52.9 Å². The minimum absolute atomic E-state index is 0.0448. The molecule has 2 aromatic rings.